The Morgan fingerprint density at radius 3 is 2.26 bits per heavy atom. The SMILES string of the molecule is CCCNC(=O)[C@@H](CC)N(Cc1cccc(C)c1)C(=O)CN(c1ccc(F)cc1)S(=O)(=O)N(C)C. The third-order valence-electron chi connectivity index (χ3n) is 5.50. The Labute approximate surface area is 207 Å². The van der Waals surface area contributed by atoms with Crippen LogP contribution >= 0.6 is 0 Å². The van der Waals surface area contributed by atoms with E-state index in [2.05, 4.69) is 5.32 Å². The predicted octanol–water partition coefficient (Wildman–Crippen LogP) is 3.08. The molecule has 2 aromatic rings. The number of rotatable bonds is 12. The topological polar surface area (TPSA) is 90.0 Å². The van der Waals surface area contributed by atoms with Gasteiger partial charge in [-0.1, -0.05) is 43.7 Å². The molecule has 192 valence electrons. The van der Waals surface area contributed by atoms with Gasteiger partial charge in [0.15, 0.2) is 0 Å². The van der Waals surface area contributed by atoms with E-state index >= 15 is 0 Å². The molecule has 0 spiro atoms. The van der Waals surface area contributed by atoms with Crippen molar-refractivity contribution >= 4 is 27.7 Å². The van der Waals surface area contributed by atoms with Gasteiger partial charge in [-0.3, -0.25) is 9.59 Å². The van der Waals surface area contributed by atoms with Gasteiger partial charge in [0.25, 0.3) is 0 Å². The van der Waals surface area contributed by atoms with Crippen molar-refractivity contribution < 1.29 is 22.4 Å². The predicted molar refractivity (Wildman–Crippen MR) is 135 cm³/mol. The molecule has 2 amide bonds. The van der Waals surface area contributed by atoms with Crippen LogP contribution in [0, 0.1) is 12.7 Å². The fourth-order valence-corrected chi connectivity index (χ4v) is 4.67. The first-order valence-electron chi connectivity index (χ1n) is 11.6. The lowest BCUT2D eigenvalue weighted by molar-refractivity contribution is -0.140. The van der Waals surface area contributed by atoms with Crippen LogP contribution in [0.15, 0.2) is 48.5 Å². The number of nitrogens with one attached hydrogen (secondary N) is 1. The average molecular weight is 507 g/mol. The highest BCUT2D eigenvalue weighted by molar-refractivity contribution is 7.90. The molecule has 1 N–H and O–H groups in total. The minimum Gasteiger partial charge on any atom is -0.354 e. The lowest BCUT2D eigenvalue weighted by Crippen LogP contribution is -2.53. The second-order valence-electron chi connectivity index (χ2n) is 8.50. The fraction of sp³-hybridized carbons (Fsp3) is 0.440. The number of carbonyl (C=O) groups is 2. The molecule has 0 radical (unpaired) electrons. The molecule has 8 nitrogen and oxygen atoms in total. The summed E-state index contributed by atoms with van der Waals surface area (Å²) in [7, 11) is -1.37. The van der Waals surface area contributed by atoms with E-state index in [4.69, 9.17) is 0 Å². The molecule has 2 aromatic carbocycles. The molecule has 10 heteroatoms. The van der Waals surface area contributed by atoms with E-state index in [0.29, 0.717) is 13.0 Å². The van der Waals surface area contributed by atoms with Crippen LogP contribution < -0.4 is 9.62 Å². The highest BCUT2D eigenvalue weighted by Crippen LogP contribution is 2.22. The Morgan fingerprint density at radius 2 is 1.71 bits per heavy atom. The van der Waals surface area contributed by atoms with Gasteiger partial charge < -0.3 is 10.2 Å². The quantitative estimate of drug-likeness (QED) is 0.479. The van der Waals surface area contributed by atoms with E-state index in [0.717, 1.165) is 38.3 Å². The molecule has 1 atom stereocenters. The molecule has 0 aliphatic rings. The van der Waals surface area contributed by atoms with Gasteiger partial charge in [0.1, 0.15) is 18.4 Å². The van der Waals surface area contributed by atoms with Crippen LogP contribution in [-0.2, 0) is 26.3 Å². The number of benzene rings is 2. The van der Waals surface area contributed by atoms with Crippen molar-refractivity contribution in [1.82, 2.24) is 14.5 Å². The lowest BCUT2D eigenvalue weighted by atomic mass is 10.1. The van der Waals surface area contributed by atoms with Crippen LogP contribution in [0.5, 0.6) is 0 Å². The van der Waals surface area contributed by atoms with Crippen molar-refractivity contribution in [3.05, 3.63) is 65.5 Å². The monoisotopic (exact) mass is 506 g/mol. The minimum absolute atomic E-state index is 0.137. The van der Waals surface area contributed by atoms with Crippen LogP contribution in [0.4, 0.5) is 10.1 Å². The Morgan fingerprint density at radius 1 is 1.06 bits per heavy atom. The summed E-state index contributed by atoms with van der Waals surface area (Å²) in [5.74, 6) is -1.36. The molecule has 35 heavy (non-hydrogen) atoms. The van der Waals surface area contributed by atoms with E-state index < -0.39 is 34.5 Å². The Hall–Kier alpha value is -2.98. The van der Waals surface area contributed by atoms with Crippen LogP contribution in [-0.4, -0.2) is 62.7 Å². The van der Waals surface area contributed by atoms with E-state index in [-0.39, 0.29) is 18.1 Å². The zero-order valence-electron chi connectivity index (χ0n) is 21.0. The summed E-state index contributed by atoms with van der Waals surface area (Å²) in [4.78, 5) is 28.0. The van der Waals surface area contributed by atoms with Gasteiger partial charge >= 0.3 is 10.2 Å². The fourth-order valence-electron chi connectivity index (χ4n) is 3.62. The Kier molecular flexibility index (Phi) is 10.2. The first-order chi connectivity index (χ1) is 16.5. The van der Waals surface area contributed by atoms with Gasteiger partial charge in [0.05, 0.1) is 5.69 Å². The van der Waals surface area contributed by atoms with E-state index in [1.54, 1.807) is 6.92 Å². The molecule has 0 saturated heterocycles. The van der Waals surface area contributed by atoms with Gasteiger partial charge in [-0.2, -0.15) is 12.7 Å². The van der Waals surface area contributed by atoms with Crippen LogP contribution in [0.3, 0.4) is 0 Å². The van der Waals surface area contributed by atoms with Gasteiger partial charge in [0.2, 0.25) is 11.8 Å². The first kappa shape index (κ1) is 28.3. The van der Waals surface area contributed by atoms with Gasteiger partial charge in [-0.05, 0) is 49.6 Å². The number of halogens is 1. The number of nitrogens with zero attached hydrogens (tertiary/aromatic N) is 3. The summed E-state index contributed by atoms with van der Waals surface area (Å²) in [6, 6.07) is 11.7. The summed E-state index contributed by atoms with van der Waals surface area (Å²) in [5, 5.41) is 2.84. The molecular weight excluding hydrogens is 471 g/mol. The van der Waals surface area contributed by atoms with Crippen molar-refractivity contribution in [2.75, 3.05) is 31.5 Å². The summed E-state index contributed by atoms with van der Waals surface area (Å²) < 4.78 is 41.6. The van der Waals surface area contributed by atoms with Gasteiger partial charge in [0, 0.05) is 27.2 Å². The van der Waals surface area contributed by atoms with E-state index in [1.165, 1.54) is 31.1 Å². The van der Waals surface area contributed by atoms with E-state index in [1.807, 2.05) is 38.1 Å². The summed E-state index contributed by atoms with van der Waals surface area (Å²) >= 11 is 0. The van der Waals surface area contributed by atoms with Gasteiger partial charge in [-0.25, -0.2) is 8.70 Å². The maximum absolute atomic E-state index is 13.7. The molecule has 0 unspecified atom stereocenters. The zero-order chi connectivity index (χ0) is 26.2. The van der Waals surface area contributed by atoms with Crippen molar-refractivity contribution in [2.24, 2.45) is 0 Å². The molecule has 2 rings (SSSR count). The maximum Gasteiger partial charge on any atom is 0.304 e. The third-order valence-corrected chi connectivity index (χ3v) is 7.32. The van der Waals surface area contributed by atoms with Crippen molar-refractivity contribution in [2.45, 2.75) is 46.2 Å². The summed E-state index contributed by atoms with van der Waals surface area (Å²) in [6.45, 7) is 5.73. The zero-order valence-corrected chi connectivity index (χ0v) is 21.8. The van der Waals surface area contributed by atoms with Crippen LogP contribution in [0.2, 0.25) is 0 Å². The standard InChI is InChI=1S/C25H35FN4O4S/c1-6-15-27-25(32)23(7-2)29(17-20-10-8-9-19(3)16-20)24(31)18-30(35(33,34)28(4)5)22-13-11-21(26)12-14-22/h8-14,16,23H,6-7,15,17-18H2,1-5H3,(H,27,32)/t23-/m1/s1. The highest BCUT2D eigenvalue weighted by Gasteiger charge is 2.33. The molecular formula is C25H35FN4O4S. The maximum atomic E-state index is 13.7. The summed E-state index contributed by atoms with van der Waals surface area (Å²) in [5.41, 5.74) is 1.97. The van der Waals surface area contributed by atoms with Crippen LogP contribution in [0.25, 0.3) is 0 Å². The van der Waals surface area contributed by atoms with Gasteiger partial charge in [-0.15, -0.1) is 0 Å². The normalized spacial score (nSPS) is 12.3. The first-order valence-corrected chi connectivity index (χ1v) is 13.0. The molecule has 0 fully saturated rings. The molecule has 0 aliphatic heterocycles. The Balaban J connectivity index is 2.48. The number of carbonyl (C=O) groups excluding carboxylic acids is 2. The second-order valence-corrected chi connectivity index (χ2v) is 10.6. The minimum atomic E-state index is -4.08. The van der Waals surface area contributed by atoms with Crippen LogP contribution in [0.1, 0.15) is 37.8 Å². The number of hydrogen-bond acceptors (Lipinski definition) is 4. The number of amides is 2. The number of anilines is 1. The van der Waals surface area contributed by atoms with Crippen molar-refractivity contribution in [1.29, 1.82) is 0 Å². The van der Waals surface area contributed by atoms with Crippen molar-refractivity contribution in [3.63, 3.8) is 0 Å². The molecule has 0 heterocycles. The summed E-state index contributed by atoms with van der Waals surface area (Å²) in [6.07, 6.45) is 1.09. The smallest absolute Gasteiger partial charge is 0.304 e. The largest absolute Gasteiger partial charge is 0.354 e. The number of aryl methyl sites for hydroxylation is 1. The van der Waals surface area contributed by atoms with E-state index in [9.17, 15) is 22.4 Å². The molecule has 0 bridgehead atoms. The highest BCUT2D eigenvalue weighted by atomic mass is 32.2. The van der Waals surface area contributed by atoms with Crippen molar-refractivity contribution in [3.8, 4) is 0 Å². The average Bonchev–Trinajstić information content (AvgIpc) is 2.81. The molecule has 0 aromatic heterocycles. The Bertz CT molecular complexity index is 1110. The lowest BCUT2D eigenvalue weighted by Gasteiger charge is -2.34. The second kappa shape index (κ2) is 12.6. The number of hydrogen-bond donors (Lipinski definition) is 1. The molecule has 0 saturated carbocycles. The molecule has 0 aliphatic carbocycles. The third kappa shape index (κ3) is 7.50.